The first-order valence-electron chi connectivity index (χ1n) is 8.39. The third kappa shape index (κ3) is 4.89. The Morgan fingerprint density at radius 1 is 0.828 bits per heavy atom. The van der Waals surface area contributed by atoms with Crippen molar-refractivity contribution in [2.24, 2.45) is 0 Å². The molecule has 2 amide bonds. The first-order chi connectivity index (χ1) is 13.9. The maximum absolute atomic E-state index is 13.4. The van der Waals surface area contributed by atoms with Crippen molar-refractivity contribution in [3.8, 4) is 5.75 Å². The van der Waals surface area contributed by atoms with Gasteiger partial charge in [0, 0.05) is 16.9 Å². The van der Waals surface area contributed by atoms with Crippen LogP contribution in [0.15, 0.2) is 60.7 Å². The molecule has 3 rings (SSSR count). The van der Waals surface area contributed by atoms with Gasteiger partial charge in [-0.05, 0) is 60.7 Å². The normalized spacial score (nSPS) is 10.3. The summed E-state index contributed by atoms with van der Waals surface area (Å²) in [5.41, 5.74) is 1.12. The van der Waals surface area contributed by atoms with E-state index in [1.54, 1.807) is 31.4 Å². The quantitative estimate of drug-likeness (QED) is 0.566. The average Bonchev–Trinajstić information content (AvgIpc) is 2.71. The van der Waals surface area contributed by atoms with Crippen molar-refractivity contribution >= 4 is 34.8 Å². The Labute approximate surface area is 170 Å². The van der Waals surface area contributed by atoms with Crippen molar-refractivity contribution in [2.75, 3.05) is 17.7 Å². The number of carbonyl (C=O) groups excluding carboxylic acids is 2. The van der Waals surface area contributed by atoms with E-state index >= 15 is 0 Å². The number of nitrogens with one attached hydrogen (secondary N) is 2. The van der Waals surface area contributed by atoms with Crippen LogP contribution in [0, 0.1) is 11.6 Å². The van der Waals surface area contributed by atoms with Gasteiger partial charge < -0.3 is 15.4 Å². The lowest BCUT2D eigenvalue weighted by molar-refractivity contribution is 0.101. The van der Waals surface area contributed by atoms with E-state index in [1.807, 2.05) is 0 Å². The smallest absolute Gasteiger partial charge is 0.257 e. The Morgan fingerprint density at radius 3 is 1.93 bits per heavy atom. The molecule has 8 heteroatoms. The van der Waals surface area contributed by atoms with Crippen LogP contribution in [0.5, 0.6) is 5.75 Å². The first kappa shape index (κ1) is 20.3. The lowest BCUT2D eigenvalue weighted by atomic mass is 10.1. The highest BCUT2D eigenvalue weighted by Gasteiger charge is 2.15. The van der Waals surface area contributed by atoms with Crippen LogP contribution in [0.2, 0.25) is 5.02 Å². The molecule has 0 radical (unpaired) electrons. The molecule has 3 aromatic rings. The Kier molecular flexibility index (Phi) is 6.09. The minimum atomic E-state index is -1.18. The predicted octanol–water partition coefficient (Wildman–Crippen LogP) is 5.13. The Morgan fingerprint density at radius 2 is 1.34 bits per heavy atom. The third-order valence-corrected chi connectivity index (χ3v) is 4.32. The monoisotopic (exact) mass is 416 g/mol. The van der Waals surface area contributed by atoms with E-state index < -0.39 is 17.5 Å². The minimum absolute atomic E-state index is 0.202. The van der Waals surface area contributed by atoms with E-state index in [-0.39, 0.29) is 16.5 Å². The fraction of sp³-hybridized carbons (Fsp3) is 0.0476. The number of methoxy groups -OCH3 is 1. The molecular formula is C21H15ClF2N2O3. The molecule has 148 valence electrons. The zero-order valence-electron chi connectivity index (χ0n) is 15.1. The molecule has 0 atom stereocenters. The van der Waals surface area contributed by atoms with E-state index in [1.165, 1.54) is 24.3 Å². The fourth-order valence-electron chi connectivity index (χ4n) is 2.48. The highest BCUT2D eigenvalue weighted by Crippen LogP contribution is 2.22. The Bertz CT molecular complexity index is 1050. The molecule has 0 heterocycles. The number of rotatable bonds is 5. The van der Waals surface area contributed by atoms with Crippen molar-refractivity contribution in [3.63, 3.8) is 0 Å². The van der Waals surface area contributed by atoms with E-state index in [0.29, 0.717) is 22.7 Å². The largest absolute Gasteiger partial charge is 0.497 e. The van der Waals surface area contributed by atoms with E-state index in [4.69, 9.17) is 16.3 Å². The van der Waals surface area contributed by atoms with Gasteiger partial charge in [0.2, 0.25) is 0 Å². The third-order valence-electron chi connectivity index (χ3n) is 4.01. The molecule has 0 bridgehead atoms. The molecule has 29 heavy (non-hydrogen) atoms. The van der Waals surface area contributed by atoms with Crippen LogP contribution in [0.3, 0.4) is 0 Å². The summed E-state index contributed by atoms with van der Waals surface area (Å²) in [5, 5.41) is 5.04. The summed E-state index contributed by atoms with van der Waals surface area (Å²) >= 11 is 5.80. The van der Waals surface area contributed by atoms with Crippen molar-refractivity contribution in [1.82, 2.24) is 0 Å². The molecule has 0 unspecified atom stereocenters. The number of ether oxygens (including phenoxy) is 1. The summed E-state index contributed by atoms with van der Waals surface area (Å²) in [4.78, 5) is 24.5. The number of anilines is 2. The molecule has 0 aliphatic heterocycles. The molecule has 0 fully saturated rings. The van der Waals surface area contributed by atoms with Gasteiger partial charge in [0.15, 0.2) is 11.6 Å². The number of hydrogen-bond acceptors (Lipinski definition) is 3. The molecule has 0 aromatic heterocycles. The number of benzene rings is 3. The van der Waals surface area contributed by atoms with Crippen molar-refractivity contribution < 1.29 is 23.1 Å². The van der Waals surface area contributed by atoms with Crippen LogP contribution in [-0.2, 0) is 0 Å². The second-order valence-electron chi connectivity index (χ2n) is 5.96. The number of hydrogen-bond donors (Lipinski definition) is 2. The Balaban J connectivity index is 1.67. The molecule has 0 saturated carbocycles. The molecule has 0 saturated heterocycles. The maximum Gasteiger partial charge on any atom is 0.257 e. The molecule has 5 nitrogen and oxygen atoms in total. The van der Waals surface area contributed by atoms with Gasteiger partial charge in [-0.1, -0.05) is 11.6 Å². The zero-order valence-corrected chi connectivity index (χ0v) is 15.9. The van der Waals surface area contributed by atoms with E-state index in [0.717, 1.165) is 12.1 Å². The first-order valence-corrected chi connectivity index (χ1v) is 8.76. The highest BCUT2D eigenvalue weighted by molar-refractivity contribution is 6.34. The zero-order chi connectivity index (χ0) is 21.0. The predicted molar refractivity (Wildman–Crippen MR) is 107 cm³/mol. The summed E-state index contributed by atoms with van der Waals surface area (Å²) in [6.07, 6.45) is 0. The Hall–Kier alpha value is -3.45. The van der Waals surface area contributed by atoms with Crippen LogP contribution < -0.4 is 15.4 Å². The van der Waals surface area contributed by atoms with Crippen LogP contribution in [0.4, 0.5) is 20.2 Å². The van der Waals surface area contributed by atoms with Gasteiger partial charge in [-0.3, -0.25) is 9.59 Å². The molecule has 0 aliphatic rings. The molecule has 0 aliphatic carbocycles. The highest BCUT2D eigenvalue weighted by atomic mass is 35.5. The summed E-state index contributed by atoms with van der Waals surface area (Å²) in [6.45, 7) is 0. The van der Waals surface area contributed by atoms with Crippen LogP contribution in [-0.4, -0.2) is 18.9 Å². The fourth-order valence-corrected chi connectivity index (χ4v) is 2.71. The van der Waals surface area contributed by atoms with E-state index in [2.05, 4.69) is 10.6 Å². The van der Waals surface area contributed by atoms with Crippen molar-refractivity contribution in [2.45, 2.75) is 0 Å². The van der Waals surface area contributed by atoms with Crippen LogP contribution >= 0.6 is 11.6 Å². The van der Waals surface area contributed by atoms with Gasteiger partial charge in [-0.25, -0.2) is 8.78 Å². The molecule has 3 aromatic carbocycles. The number of amides is 2. The summed E-state index contributed by atoms with van der Waals surface area (Å²) in [7, 11) is 1.55. The van der Waals surface area contributed by atoms with Crippen molar-refractivity contribution in [1.29, 1.82) is 0 Å². The van der Waals surface area contributed by atoms with Gasteiger partial charge >= 0.3 is 0 Å². The lowest BCUT2D eigenvalue weighted by Gasteiger charge is -2.09. The van der Waals surface area contributed by atoms with Gasteiger partial charge in [0.25, 0.3) is 11.8 Å². The van der Waals surface area contributed by atoms with Crippen LogP contribution in [0.25, 0.3) is 0 Å². The summed E-state index contributed by atoms with van der Waals surface area (Å²) in [5.74, 6) is -2.69. The van der Waals surface area contributed by atoms with Gasteiger partial charge in [-0.15, -0.1) is 0 Å². The van der Waals surface area contributed by atoms with E-state index in [9.17, 15) is 18.4 Å². The van der Waals surface area contributed by atoms with Crippen LogP contribution in [0.1, 0.15) is 20.7 Å². The number of halogens is 3. The van der Waals surface area contributed by atoms with Gasteiger partial charge in [-0.2, -0.15) is 0 Å². The second-order valence-corrected chi connectivity index (χ2v) is 6.37. The average molecular weight is 417 g/mol. The summed E-state index contributed by atoms with van der Waals surface area (Å²) in [6, 6.07) is 14.4. The van der Waals surface area contributed by atoms with Gasteiger partial charge in [0.05, 0.1) is 17.7 Å². The number of carbonyl (C=O) groups is 2. The molecular weight excluding hydrogens is 402 g/mol. The van der Waals surface area contributed by atoms with Crippen molar-refractivity contribution in [3.05, 3.63) is 88.4 Å². The van der Waals surface area contributed by atoms with Gasteiger partial charge in [0.1, 0.15) is 5.75 Å². The lowest BCUT2D eigenvalue weighted by Crippen LogP contribution is -2.14. The minimum Gasteiger partial charge on any atom is -0.497 e. The summed E-state index contributed by atoms with van der Waals surface area (Å²) < 4.78 is 31.5. The second kappa shape index (κ2) is 8.70. The maximum atomic E-state index is 13.4. The molecule has 0 spiro atoms. The standard InChI is InChI=1S/C21H15ClF2N2O3/c1-29-15-8-6-14(7-9-15)25-20(27)12-2-4-13(5-3-12)26-21(28)16-10-18(23)19(24)11-17(16)22/h2-11H,1H3,(H,25,27)(H,26,28). The SMILES string of the molecule is COc1ccc(NC(=O)c2ccc(NC(=O)c3cc(F)c(F)cc3Cl)cc2)cc1. The topological polar surface area (TPSA) is 67.4 Å². The molecule has 2 N–H and O–H groups in total.